The molecule has 0 N–H and O–H groups in total. The van der Waals surface area contributed by atoms with Crippen molar-refractivity contribution < 1.29 is 4.79 Å². The third-order valence-electron chi connectivity index (χ3n) is 5.30. The van der Waals surface area contributed by atoms with E-state index in [2.05, 4.69) is 10.1 Å². The quantitative estimate of drug-likeness (QED) is 0.669. The van der Waals surface area contributed by atoms with Gasteiger partial charge < -0.3 is 4.90 Å². The van der Waals surface area contributed by atoms with Crippen LogP contribution in [-0.2, 0) is 6.54 Å². The van der Waals surface area contributed by atoms with Crippen LogP contribution in [0, 0.1) is 5.92 Å². The third-order valence-corrected chi connectivity index (χ3v) is 6.19. The van der Waals surface area contributed by atoms with Gasteiger partial charge in [0.25, 0.3) is 11.5 Å². The second kappa shape index (κ2) is 6.98. The van der Waals surface area contributed by atoms with Crippen LogP contribution < -0.4 is 5.56 Å². The maximum Gasteiger partial charge on any atom is 0.273 e. The molecule has 2 aromatic heterocycles. The van der Waals surface area contributed by atoms with Gasteiger partial charge in [-0.25, -0.2) is 9.67 Å². The highest BCUT2D eigenvalue weighted by Gasteiger charge is 2.33. The Kier molecular flexibility index (Phi) is 4.31. The van der Waals surface area contributed by atoms with Gasteiger partial charge in [-0.3, -0.25) is 9.59 Å². The van der Waals surface area contributed by atoms with Crippen molar-refractivity contribution >= 4 is 17.2 Å². The molecule has 7 heteroatoms. The minimum Gasteiger partial charge on any atom is -0.336 e. The van der Waals surface area contributed by atoms with Crippen molar-refractivity contribution in [1.82, 2.24) is 19.7 Å². The number of amides is 1. The van der Waals surface area contributed by atoms with Crippen molar-refractivity contribution in [2.45, 2.75) is 25.3 Å². The summed E-state index contributed by atoms with van der Waals surface area (Å²) in [6.07, 6.45) is 2.32. The second-order valence-electron chi connectivity index (χ2n) is 7.53. The number of rotatable bonds is 5. The minimum absolute atomic E-state index is 0.0401. The zero-order chi connectivity index (χ0) is 19.1. The number of thiazole rings is 1. The highest BCUT2D eigenvalue weighted by molar-refractivity contribution is 7.13. The standard InChI is InChI=1S/C21H20N4O2S/c26-19-9-8-17(15-6-7-15)23-25(19)12-14-10-24(11-14)21(27)18-13-28-20(22-18)16-4-2-1-3-5-16/h1-5,8-9,13-15H,6-7,10-12H2. The fraction of sp³-hybridized carbons (Fsp3) is 0.333. The Morgan fingerprint density at radius 2 is 1.89 bits per heavy atom. The summed E-state index contributed by atoms with van der Waals surface area (Å²) in [4.78, 5) is 31.0. The van der Waals surface area contributed by atoms with Crippen LogP contribution in [-0.4, -0.2) is 38.7 Å². The lowest BCUT2D eigenvalue weighted by Crippen LogP contribution is -2.52. The van der Waals surface area contributed by atoms with Crippen molar-refractivity contribution in [3.63, 3.8) is 0 Å². The summed E-state index contributed by atoms with van der Waals surface area (Å²) < 4.78 is 1.57. The monoisotopic (exact) mass is 392 g/mol. The number of aromatic nitrogens is 3. The third kappa shape index (κ3) is 3.38. The highest BCUT2D eigenvalue weighted by Crippen LogP contribution is 2.38. The fourth-order valence-electron chi connectivity index (χ4n) is 3.54. The first kappa shape index (κ1) is 17.3. The molecule has 28 heavy (non-hydrogen) atoms. The first-order valence-electron chi connectivity index (χ1n) is 9.55. The van der Waals surface area contributed by atoms with Gasteiger partial charge in [-0.05, 0) is 18.9 Å². The SMILES string of the molecule is O=C(c1csc(-c2ccccc2)n1)N1CC(Cn2nc(C3CC3)ccc2=O)C1. The number of carbonyl (C=O) groups is 1. The van der Waals surface area contributed by atoms with E-state index in [9.17, 15) is 9.59 Å². The normalized spacial score (nSPS) is 16.8. The molecule has 2 fully saturated rings. The lowest BCUT2D eigenvalue weighted by molar-refractivity contribution is 0.0453. The Morgan fingerprint density at radius 3 is 2.64 bits per heavy atom. The summed E-state index contributed by atoms with van der Waals surface area (Å²) in [5.41, 5.74) is 2.46. The summed E-state index contributed by atoms with van der Waals surface area (Å²) in [6.45, 7) is 1.84. The number of nitrogens with zero attached hydrogens (tertiary/aromatic N) is 4. The van der Waals surface area contributed by atoms with Crippen LogP contribution in [0.2, 0.25) is 0 Å². The van der Waals surface area contributed by atoms with E-state index in [-0.39, 0.29) is 17.4 Å². The van der Waals surface area contributed by atoms with Crippen LogP contribution in [0.25, 0.3) is 10.6 Å². The van der Waals surface area contributed by atoms with Crippen LogP contribution in [0.15, 0.2) is 52.6 Å². The van der Waals surface area contributed by atoms with Crippen molar-refractivity contribution in [3.05, 3.63) is 69.6 Å². The Morgan fingerprint density at radius 1 is 1.11 bits per heavy atom. The topological polar surface area (TPSA) is 68.1 Å². The average Bonchev–Trinajstić information content (AvgIpc) is 3.42. The number of benzene rings is 1. The first-order valence-corrected chi connectivity index (χ1v) is 10.4. The van der Waals surface area contributed by atoms with Crippen LogP contribution in [0.5, 0.6) is 0 Å². The number of hydrogen-bond acceptors (Lipinski definition) is 5. The Hall–Kier alpha value is -2.80. The van der Waals surface area contributed by atoms with E-state index in [1.165, 1.54) is 11.3 Å². The van der Waals surface area contributed by atoms with Crippen LogP contribution in [0.1, 0.15) is 34.9 Å². The van der Waals surface area contributed by atoms with Gasteiger partial charge in [0.2, 0.25) is 0 Å². The van der Waals surface area contributed by atoms with Gasteiger partial charge in [-0.1, -0.05) is 30.3 Å². The molecular formula is C21H20N4O2S. The summed E-state index contributed by atoms with van der Waals surface area (Å²) in [5, 5.41) is 7.19. The van der Waals surface area contributed by atoms with Crippen molar-refractivity contribution in [3.8, 4) is 10.6 Å². The summed E-state index contributed by atoms with van der Waals surface area (Å²) >= 11 is 1.48. The molecule has 1 saturated carbocycles. The molecule has 0 spiro atoms. The smallest absolute Gasteiger partial charge is 0.273 e. The van der Waals surface area contributed by atoms with E-state index >= 15 is 0 Å². The van der Waals surface area contributed by atoms with E-state index in [4.69, 9.17) is 0 Å². The molecule has 0 unspecified atom stereocenters. The van der Waals surface area contributed by atoms with E-state index in [0.717, 1.165) is 29.1 Å². The van der Waals surface area contributed by atoms with Gasteiger partial charge >= 0.3 is 0 Å². The van der Waals surface area contributed by atoms with E-state index in [1.807, 2.05) is 41.8 Å². The number of likely N-dealkylation sites (tertiary alicyclic amines) is 1. The van der Waals surface area contributed by atoms with Gasteiger partial charge in [0, 0.05) is 41.9 Å². The molecule has 2 aliphatic rings. The largest absolute Gasteiger partial charge is 0.336 e. The van der Waals surface area contributed by atoms with Crippen molar-refractivity contribution in [1.29, 1.82) is 0 Å². The van der Waals surface area contributed by atoms with Crippen molar-refractivity contribution in [2.24, 2.45) is 5.92 Å². The molecule has 1 saturated heterocycles. The molecule has 3 aromatic rings. The zero-order valence-corrected chi connectivity index (χ0v) is 16.1. The number of carbonyl (C=O) groups excluding carboxylic acids is 1. The fourth-order valence-corrected chi connectivity index (χ4v) is 4.34. The van der Waals surface area contributed by atoms with Gasteiger partial charge in [0.15, 0.2) is 0 Å². The molecule has 1 aromatic carbocycles. The summed E-state index contributed by atoms with van der Waals surface area (Å²) in [6, 6.07) is 13.3. The van der Waals surface area contributed by atoms with Gasteiger partial charge in [0.1, 0.15) is 10.7 Å². The van der Waals surface area contributed by atoms with Crippen LogP contribution in [0.4, 0.5) is 0 Å². The van der Waals surface area contributed by atoms with Gasteiger partial charge in [-0.15, -0.1) is 11.3 Å². The molecule has 6 nitrogen and oxygen atoms in total. The van der Waals surface area contributed by atoms with E-state index in [0.29, 0.717) is 31.2 Å². The van der Waals surface area contributed by atoms with E-state index < -0.39 is 0 Å². The predicted octanol–water partition coefficient (Wildman–Crippen LogP) is 3.02. The van der Waals surface area contributed by atoms with Crippen LogP contribution in [0.3, 0.4) is 0 Å². The predicted molar refractivity (Wildman–Crippen MR) is 107 cm³/mol. The summed E-state index contributed by atoms with van der Waals surface area (Å²) in [5.74, 6) is 0.743. The maximum atomic E-state index is 12.7. The molecule has 0 radical (unpaired) electrons. The summed E-state index contributed by atoms with van der Waals surface area (Å²) in [7, 11) is 0. The van der Waals surface area contributed by atoms with E-state index in [1.54, 1.807) is 15.6 Å². The molecule has 1 aliphatic carbocycles. The number of hydrogen-bond donors (Lipinski definition) is 0. The average molecular weight is 392 g/mol. The Balaban J connectivity index is 1.21. The Labute approximate surface area is 166 Å². The Bertz CT molecular complexity index is 1070. The lowest BCUT2D eigenvalue weighted by atomic mass is 10.00. The molecular weight excluding hydrogens is 372 g/mol. The van der Waals surface area contributed by atoms with Crippen molar-refractivity contribution in [2.75, 3.05) is 13.1 Å². The molecule has 3 heterocycles. The van der Waals surface area contributed by atoms with Crippen LogP contribution >= 0.6 is 11.3 Å². The first-order chi connectivity index (χ1) is 13.7. The molecule has 0 bridgehead atoms. The van der Waals surface area contributed by atoms with Gasteiger partial charge in [-0.2, -0.15) is 5.10 Å². The van der Waals surface area contributed by atoms with Gasteiger partial charge in [0.05, 0.1) is 12.2 Å². The lowest BCUT2D eigenvalue weighted by Gasteiger charge is -2.38. The zero-order valence-electron chi connectivity index (χ0n) is 15.3. The molecule has 142 valence electrons. The molecule has 1 amide bonds. The minimum atomic E-state index is -0.0684. The maximum absolute atomic E-state index is 12.7. The second-order valence-corrected chi connectivity index (χ2v) is 8.39. The molecule has 0 atom stereocenters. The highest BCUT2D eigenvalue weighted by atomic mass is 32.1. The molecule has 1 aliphatic heterocycles. The molecule has 5 rings (SSSR count).